The zero-order valence-corrected chi connectivity index (χ0v) is 16.1. The number of aliphatic imine (C=N–C) groups is 1. The minimum atomic E-state index is -0.775. The first-order valence-corrected chi connectivity index (χ1v) is 8.71. The summed E-state index contributed by atoms with van der Waals surface area (Å²) in [7, 11) is 1.28. The van der Waals surface area contributed by atoms with Crippen LogP contribution in [0.2, 0.25) is 0 Å². The second-order valence-corrected chi connectivity index (χ2v) is 6.37. The molecule has 0 spiro atoms. The third-order valence-corrected chi connectivity index (χ3v) is 4.44. The molecule has 0 aliphatic carbocycles. The van der Waals surface area contributed by atoms with Gasteiger partial charge in [0.2, 0.25) is 5.88 Å². The van der Waals surface area contributed by atoms with E-state index >= 15 is 0 Å². The van der Waals surface area contributed by atoms with Gasteiger partial charge in [0.15, 0.2) is 0 Å². The van der Waals surface area contributed by atoms with Crippen LogP contribution in [-0.4, -0.2) is 34.0 Å². The summed E-state index contributed by atoms with van der Waals surface area (Å²) in [5.41, 5.74) is 0.915. The number of aryl methyl sites for hydroxylation is 2. The number of aromatic hydroxyl groups is 1. The zero-order chi connectivity index (χ0) is 21.1. The maximum absolute atomic E-state index is 12.3. The number of nitrogens with one attached hydrogen (secondary N) is 1. The van der Waals surface area contributed by atoms with E-state index in [0.717, 1.165) is 21.9 Å². The van der Waals surface area contributed by atoms with Gasteiger partial charge < -0.3 is 9.84 Å². The average molecular weight is 393 g/mol. The van der Waals surface area contributed by atoms with Gasteiger partial charge in [0.25, 0.3) is 5.56 Å². The molecule has 148 valence electrons. The first kappa shape index (κ1) is 19.8. The van der Waals surface area contributed by atoms with Gasteiger partial charge in [-0.05, 0) is 43.2 Å². The van der Waals surface area contributed by atoms with Gasteiger partial charge in [0.1, 0.15) is 5.56 Å². The molecule has 2 N–H and O–H groups in total. The van der Waals surface area contributed by atoms with Crippen LogP contribution < -0.4 is 11.2 Å². The molecule has 0 saturated carbocycles. The van der Waals surface area contributed by atoms with Crippen molar-refractivity contribution in [3.05, 3.63) is 85.6 Å². The van der Waals surface area contributed by atoms with Crippen molar-refractivity contribution in [2.45, 2.75) is 13.8 Å². The number of hydrogen-bond acceptors (Lipinski definition) is 6. The molecule has 0 amide bonds. The van der Waals surface area contributed by atoms with Crippen molar-refractivity contribution in [3.8, 4) is 11.6 Å². The molecule has 0 fully saturated rings. The Morgan fingerprint density at radius 3 is 2.55 bits per heavy atom. The molecule has 1 heterocycles. The number of nitrogens with zero attached hydrogens (tertiary/aromatic N) is 2. The second kappa shape index (κ2) is 7.97. The number of hydrogen-bond donors (Lipinski definition) is 2. The number of ether oxygens (including phenoxy) is 1. The minimum absolute atomic E-state index is 0.185. The van der Waals surface area contributed by atoms with Gasteiger partial charge in [-0.25, -0.2) is 14.2 Å². The molecule has 0 radical (unpaired) electrons. The number of rotatable bonds is 4. The predicted molar refractivity (Wildman–Crippen MR) is 109 cm³/mol. The van der Waals surface area contributed by atoms with Crippen molar-refractivity contribution < 1.29 is 14.6 Å². The Kier molecular flexibility index (Phi) is 5.45. The fourth-order valence-corrected chi connectivity index (χ4v) is 2.82. The number of esters is 1. The fourth-order valence-electron chi connectivity index (χ4n) is 2.82. The van der Waals surface area contributed by atoms with Gasteiger partial charge in [-0.1, -0.05) is 24.3 Å². The van der Waals surface area contributed by atoms with E-state index in [4.69, 9.17) is 4.74 Å². The number of methoxy groups -OCH3 is 1. The molecule has 1 aromatic heterocycles. The Hall–Kier alpha value is -3.94. The molecule has 8 heteroatoms. The molecule has 2 aromatic carbocycles. The molecule has 0 unspecified atom stereocenters. The minimum Gasteiger partial charge on any atom is -0.493 e. The summed E-state index contributed by atoms with van der Waals surface area (Å²) >= 11 is 0. The molecule has 8 nitrogen and oxygen atoms in total. The van der Waals surface area contributed by atoms with Gasteiger partial charge in [0, 0.05) is 6.21 Å². The van der Waals surface area contributed by atoms with Crippen LogP contribution >= 0.6 is 0 Å². The molecule has 0 bridgehead atoms. The average Bonchev–Trinajstić information content (AvgIpc) is 2.69. The van der Waals surface area contributed by atoms with Crippen LogP contribution in [-0.2, 0) is 4.74 Å². The Morgan fingerprint density at radius 2 is 1.86 bits per heavy atom. The topological polar surface area (TPSA) is 114 Å². The van der Waals surface area contributed by atoms with Gasteiger partial charge in [-0.3, -0.25) is 14.8 Å². The van der Waals surface area contributed by atoms with Crippen molar-refractivity contribution >= 4 is 17.9 Å². The van der Waals surface area contributed by atoms with Crippen LogP contribution in [0.25, 0.3) is 5.69 Å². The molecule has 0 atom stereocenters. The molecule has 0 aliphatic rings. The van der Waals surface area contributed by atoms with Crippen LogP contribution in [0.1, 0.15) is 27.0 Å². The van der Waals surface area contributed by atoms with Crippen molar-refractivity contribution in [1.82, 2.24) is 9.55 Å². The Bertz CT molecular complexity index is 1240. The normalized spacial score (nSPS) is 11.0. The lowest BCUT2D eigenvalue weighted by atomic mass is 10.1. The van der Waals surface area contributed by atoms with Gasteiger partial charge in [0.05, 0.1) is 24.0 Å². The Balaban J connectivity index is 2.13. The van der Waals surface area contributed by atoms with E-state index in [1.54, 1.807) is 50.2 Å². The first-order valence-electron chi connectivity index (χ1n) is 8.71. The molecule has 3 rings (SSSR count). The summed E-state index contributed by atoms with van der Waals surface area (Å²) in [6, 6.07) is 11.8. The third kappa shape index (κ3) is 3.86. The fraction of sp³-hybridized carbons (Fsp3) is 0.143. The molecule has 0 saturated heterocycles. The SMILES string of the molecule is COC(=O)c1ccc(C)c(N=Cc2c(O)n(-c3ccccc3C)c(=O)[nH]c2=O)c1. The predicted octanol–water partition coefficient (Wildman–Crippen LogP) is 2.39. The van der Waals surface area contributed by atoms with Crippen molar-refractivity contribution in [1.29, 1.82) is 0 Å². The Morgan fingerprint density at radius 1 is 1.14 bits per heavy atom. The van der Waals surface area contributed by atoms with Crippen LogP contribution in [0.4, 0.5) is 5.69 Å². The quantitative estimate of drug-likeness (QED) is 0.522. The summed E-state index contributed by atoms with van der Waals surface area (Å²) < 4.78 is 5.71. The summed E-state index contributed by atoms with van der Waals surface area (Å²) in [5.74, 6) is -1.05. The number of carbonyl (C=O) groups is 1. The lowest BCUT2D eigenvalue weighted by Gasteiger charge is -2.11. The number of para-hydroxylation sites is 1. The van der Waals surface area contributed by atoms with E-state index in [2.05, 4.69) is 9.98 Å². The smallest absolute Gasteiger partial charge is 0.337 e. The van der Waals surface area contributed by atoms with Gasteiger partial charge in [-0.15, -0.1) is 0 Å². The van der Waals surface area contributed by atoms with Crippen LogP contribution in [0, 0.1) is 13.8 Å². The van der Waals surface area contributed by atoms with Crippen LogP contribution in [0.3, 0.4) is 0 Å². The van der Waals surface area contributed by atoms with E-state index in [-0.39, 0.29) is 5.56 Å². The summed E-state index contributed by atoms with van der Waals surface area (Å²) in [5, 5.41) is 10.6. The lowest BCUT2D eigenvalue weighted by molar-refractivity contribution is 0.0600. The van der Waals surface area contributed by atoms with Crippen molar-refractivity contribution in [3.63, 3.8) is 0 Å². The molecule has 29 heavy (non-hydrogen) atoms. The van der Waals surface area contributed by atoms with Crippen molar-refractivity contribution in [2.75, 3.05) is 7.11 Å². The van der Waals surface area contributed by atoms with E-state index < -0.39 is 23.1 Å². The number of H-pyrrole nitrogens is 1. The van der Waals surface area contributed by atoms with E-state index in [1.807, 2.05) is 0 Å². The highest BCUT2D eigenvalue weighted by molar-refractivity contribution is 5.91. The van der Waals surface area contributed by atoms with E-state index in [0.29, 0.717) is 16.9 Å². The maximum atomic E-state index is 12.3. The van der Waals surface area contributed by atoms with E-state index in [1.165, 1.54) is 13.2 Å². The molecule has 0 aliphatic heterocycles. The highest BCUT2D eigenvalue weighted by Gasteiger charge is 2.15. The highest BCUT2D eigenvalue weighted by atomic mass is 16.5. The summed E-state index contributed by atoms with van der Waals surface area (Å²) in [6.45, 7) is 3.56. The summed E-state index contributed by atoms with van der Waals surface area (Å²) in [6.07, 6.45) is 1.16. The largest absolute Gasteiger partial charge is 0.493 e. The second-order valence-electron chi connectivity index (χ2n) is 6.37. The number of carbonyl (C=O) groups excluding carboxylic acids is 1. The first-order chi connectivity index (χ1) is 13.8. The molecular formula is C21H19N3O5. The maximum Gasteiger partial charge on any atom is 0.337 e. The summed E-state index contributed by atoms with van der Waals surface area (Å²) in [4.78, 5) is 42.7. The number of benzene rings is 2. The standard InChI is InChI=1S/C21H19N3O5/c1-12-8-9-14(20(27)29-3)10-16(12)22-11-15-18(25)23-21(28)24(19(15)26)17-7-5-4-6-13(17)2/h4-11,26H,1-3H3,(H,23,25,28). The van der Waals surface area contributed by atoms with Crippen LogP contribution in [0.5, 0.6) is 5.88 Å². The molecular weight excluding hydrogens is 374 g/mol. The lowest BCUT2D eigenvalue weighted by Crippen LogP contribution is -2.31. The van der Waals surface area contributed by atoms with Gasteiger partial charge >= 0.3 is 11.7 Å². The van der Waals surface area contributed by atoms with Gasteiger partial charge in [-0.2, -0.15) is 0 Å². The molecule has 3 aromatic rings. The Labute approximate surface area is 165 Å². The zero-order valence-electron chi connectivity index (χ0n) is 16.1. The van der Waals surface area contributed by atoms with E-state index in [9.17, 15) is 19.5 Å². The van der Waals surface area contributed by atoms with Crippen molar-refractivity contribution in [2.24, 2.45) is 4.99 Å². The number of aromatic nitrogens is 2. The third-order valence-electron chi connectivity index (χ3n) is 4.44. The number of aromatic amines is 1. The monoisotopic (exact) mass is 393 g/mol. The van der Waals surface area contributed by atoms with Crippen LogP contribution in [0.15, 0.2) is 57.0 Å². The highest BCUT2D eigenvalue weighted by Crippen LogP contribution is 2.22.